The van der Waals surface area contributed by atoms with Gasteiger partial charge in [0.05, 0.1) is 23.1 Å². The molecule has 1 aliphatic heterocycles. The first kappa shape index (κ1) is 16.9. The van der Waals surface area contributed by atoms with Crippen molar-refractivity contribution in [3.63, 3.8) is 0 Å². The third kappa shape index (κ3) is 4.13. The molecular weight excluding hydrogens is 327 g/mol. The Morgan fingerprint density at radius 3 is 2.58 bits per heavy atom. The van der Waals surface area contributed by atoms with Crippen molar-refractivity contribution in [3.05, 3.63) is 52.2 Å². The first-order valence-corrected chi connectivity index (χ1v) is 8.95. The van der Waals surface area contributed by atoms with Crippen LogP contribution in [0.2, 0.25) is 0 Å². The van der Waals surface area contributed by atoms with E-state index >= 15 is 0 Å². The van der Waals surface area contributed by atoms with Gasteiger partial charge in [0.2, 0.25) is 0 Å². The van der Waals surface area contributed by atoms with Gasteiger partial charge in [-0.05, 0) is 48.6 Å². The molecule has 0 saturated carbocycles. The predicted octanol–water partition coefficient (Wildman–Crippen LogP) is 3.00. The van der Waals surface area contributed by atoms with Crippen molar-refractivity contribution in [1.29, 1.82) is 0 Å². The maximum atomic E-state index is 12.9. The molecule has 1 amide bonds. The van der Waals surface area contributed by atoms with Crippen molar-refractivity contribution in [1.82, 2.24) is 0 Å². The van der Waals surface area contributed by atoms with E-state index in [0.29, 0.717) is 18.1 Å². The number of ether oxygens (including phenoxy) is 1. The van der Waals surface area contributed by atoms with Gasteiger partial charge in [-0.2, -0.15) is 0 Å². The Hall–Kier alpha value is -1.92. The quantitative estimate of drug-likeness (QED) is 0.873. The molecule has 0 unspecified atom stereocenters. The van der Waals surface area contributed by atoms with Crippen molar-refractivity contribution < 1.29 is 13.9 Å². The first-order chi connectivity index (χ1) is 11.6. The summed E-state index contributed by atoms with van der Waals surface area (Å²) < 4.78 is 18.3. The van der Waals surface area contributed by atoms with Crippen molar-refractivity contribution in [2.75, 3.05) is 31.2 Å². The van der Waals surface area contributed by atoms with Gasteiger partial charge in [-0.25, -0.2) is 4.39 Å². The lowest BCUT2D eigenvalue weighted by atomic mass is 10.0. The molecule has 0 aliphatic carbocycles. The maximum absolute atomic E-state index is 12.9. The summed E-state index contributed by atoms with van der Waals surface area (Å²) in [4.78, 5) is 14.6. The number of carbonyl (C=O) groups is 1. The van der Waals surface area contributed by atoms with E-state index in [0.717, 1.165) is 48.5 Å². The van der Waals surface area contributed by atoms with Crippen LogP contribution in [-0.2, 0) is 17.6 Å². The van der Waals surface area contributed by atoms with Crippen molar-refractivity contribution >= 4 is 22.2 Å². The average molecular weight is 348 g/mol. The summed E-state index contributed by atoms with van der Waals surface area (Å²) in [7, 11) is 0. The van der Waals surface area contributed by atoms with Crippen LogP contribution < -0.4 is 10.6 Å². The zero-order valence-corrected chi connectivity index (χ0v) is 14.3. The Labute approximate surface area is 145 Å². The summed E-state index contributed by atoms with van der Waals surface area (Å²) in [6.07, 6.45) is 2.53. The molecule has 1 saturated heterocycles. The van der Waals surface area contributed by atoms with Crippen LogP contribution in [0.4, 0.5) is 9.39 Å². The van der Waals surface area contributed by atoms with Gasteiger partial charge in [0.15, 0.2) is 0 Å². The summed E-state index contributed by atoms with van der Waals surface area (Å²) in [5, 5.41) is 1.09. The molecule has 0 spiro atoms. The van der Waals surface area contributed by atoms with Crippen molar-refractivity contribution in [2.45, 2.75) is 19.3 Å². The number of morpholine rings is 1. The average Bonchev–Trinajstić information content (AvgIpc) is 3.02. The van der Waals surface area contributed by atoms with Gasteiger partial charge in [-0.1, -0.05) is 12.1 Å². The fourth-order valence-corrected chi connectivity index (χ4v) is 4.00. The fourth-order valence-electron chi connectivity index (χ4n) is 2.88. The van der Waals surface area contributed by atoms with Gasteiger partial charge >= 0.3 is 0 Å². The number of halogens is 1. The van der Waals surface area contributed by atoms with Gasteiger partial charge in [0.1, 0.15) is 5.82 Å². The highest BCUT2D eigenvalue weighted by atomic mass is 32.1. The molecule has 0 radical (unpaired) electrons. The molecule has 0 atom stereocenters. The molecule has 1 aromatic carbocycles. The largest absolute Gasteiger partial charge is 0.378 e. The lowest BCUT2D eigenvalue weighted by Crippen LogP contribution is -2.35. The van der Waals surface area contributed by atoms with E-state index in [9.17, 15) is 9.18 Å². The number of primary amides is 1. The summed E-state index contributed by atoms with van der Waals surface area (Å²) in [5.41, 5.74) is 7.65. The predicted molar refractivity (Wildman–Crippen MR) is 94.3 cm³/mol. The Balaban J connectivity index is 1.66. The van der Waals surface area contributed by atoms with E-state index in [4.69, 9.17) is 10.5 Å². The number of aryl methyl sites for hydroxylation is 2. The molecule has 1 fully saturated rings. The van der Waals surface area contributed by atoms with Crippen LogP contribution in [0.1, 0.15) is 27.2 Å². The minimum absolute atomic E-state index is 0.220. The third-order valence-corrected chi connectivity index (χ3v) is 5.42. The molecule has 1 aromatic heterocycles. The standard InChI is InChI=1S/C18H21FN2O2S/c19-15-6-4-13(5-7-15)2-1-3-14-12-16(24-17(14)18(20)22)21-8-10-23-11-9-21/h4-7,12H,1-3,8-11H2,(H2,20,22). The number of thiophene rings is 1. The minimum atomic E-state index is -0.365. The number of rotatable bonds is 6. The number of hydrogen-bond donors (Lipinski definition) is 1. The monoisotopic (exact) mass is 348 g/mol. The van der Waals surface area contributed by atoms with Crippen molar-refractivity contribution in [2.24, 2.45) is 5.73 Å². The van der Waals surface area contributed by atoms with Gasteiger partial charge < -0.3 is 15.4 Å². The molecule has 128 valence electrons. The van der Waals surface area contributed by atoms with Crippen LogP contribution >= 0.6 is 11.3 Å². The lowest BCUT2D eigenvalue weighted by molar-refractivity contribution is 0.100. The molecule has 6 heteroatoms. The summed E-state index contributed by atoms with van der Waals surface area (Å²) in [6, 6.07) is 8.64. The Bertz CT molecular complexity index is 694. The highest BCUT2D eigenvalue weighted by Gasteiger charge is 2.19. The maximum Gasteiger partial charge on any atom is 0.259 e. The third-order valence-electron chi connectivity index (χ3n) is 4.17. The number of amides is 1. The summed E-state index contributed by atoms with van der Waals surface area (Å²) in [5.74, 6) is -0.584. The molecule has 4 nitrogen and oxygen atoms in total. The first-order valence-electron chi connectivity index (χ1n) is 8.13. The molecule has 24 heavy (non-hydrogen) atoms. The van der Waals surface area contributed by atoms with E-state index in [1.165, 1.54) is 23.5 Å². The second-order valence-corrected chi connectivity index (χ2v) is 6.91. The fraction of sp³-hybridized carbons (Fsp3) is 0.389. The number of nitrogens with zero attached hydrogens (tertiary/aromatic N) is 1. The molecule has 0 bridgehead atoms. The lowest BCUT2D eigenvalue weighted by Gasteiger charge is -2.27. The molecule has 1 aliphatic rings. The normalized spacial score (nSPS) is 14.8. The van der Waals surface area contributed by atoms with Gasteiger partial charge in [0, 0.05) is 13.1 Å². The number of anilines is 1. The molecule has 2 N–H and O–H groups in total. The number of carbonyl (C=O) groups excluding carboxylic acids is 1. The second kappa shape index (κ2) is 7.77. The zero-order chi connectivity index (χ0) is 16.9. The van der Waals surface area contributed by atoms with Gasteiger partial charge in [-0.3, -0.25) is 4.79 Å². The van der Waals surface area contributed by atoms with Crippen LogP contribution in [-0.4, -0.2) is 32.2 Å². The number of nitrogens with two attached hydrogens (primary N) is 1. The highest BCUT2D eigenvalue weighted by molar-refractivity contribution is 7.18. The Morgan fingerprint density at radius 1 is 1.21 bits per heavy atom. The second-order valence-electron chi connectivity index (χ2n) is 5.88. The van der Waals surface area contributed by atoms with E-state index < -0.39 is 0 Å². The van der Waals surface area contributed by atoms with Gasteiger partial charge in [0.25, 0.3) is 5.91 Å². The van der Waals surface area contributed by atoms with Crippen LogP contribution in [0, 0.1) is 5.82 Å². The van der Waals surface area contributed by atoms with Gasteiger partial charge in [-0.15, -0.1) is 11.3 Å². The SMILES string of the molecule is NC(=O)c1sc(N2CCOCC2)cc1CCCc1ccc(F)cc1. The topological polar surface area (TPSA) is 55.6 Å². The van der Waals surface area contributed by atoms with E-state index in [2.05, 4.69) is 11.0 Å². The number of benzene rings is 1. The summed E-state index contributed by atoms with van der Waals surface area (Å²) >= 11 is 1.47. The minimum Gasteiger partial charge on any atom is -0.378 e. The van der Waals surface area contributed by atoms with Crippen LogP contribution in [0.15, 0.2) is 30.3 Å². The molecular formula is C18H21FN2O2S. The Kier molecular flexibility index (Phi) is 5.48. The molecule has 3 rings (SSSR count). The molecule has 2 aromatic rings. The van der Waals surface area contributed by atoms with Crippen LogP contribution in [0.5, 0.6) is 0 Å². The number of hydrogen-bond acceptors (Lipinski definition) is 4. The van der Waals surface area contributed by atoms with E-state index in [-0.39, 0.29) is 11.7 Å². The van der Waals surface area contributed by atoms with Crippen LogP contribution in [0.3, 0.4) is 0 Å². The zero-order valence-electron chi connectivity index (χ0n) is 13.5. The van der Waals surface area contributed by atoms with Crippen LogP contribution in [0.25, 0.3) is 0 Å². The summed E-state index contributed by atoms with van der Waals surface area (Å²) in [6.45, 7) is 3.11. The smallest absolute Gasteiger partial charge is 0.259 e. The van der Waals surface area contributed by atoms with E-state index in [1.807, 2.05) is 0 Å². The van der Waals surface area contributed by atoms with Crippen molar-refractivity contribution in [3.8, 4) is 0 Å². The Morgan fingerprint density at radius 2 is 1.92 bits per heavy atom. The highest BCUT2D eigenvalue weighted by Crippen LogP contribution is 2.31. The molecule has 2 heterocycles. The van der Waals surface area contributed by atoms with E-state index in [1.54, 1.807) is 12.1 Å².